The summed E-state index contributed by atoms with van der Waals surface area (Å²) in [6.07, 6.45) is 1.75. The minimum atomic E-state index is -0.466. The van der Waals surface area contributed by atoms with Crippen LogP contribution in [0.2, 0.25) is 0 Å². The van der Waals surface area contributed by atoms with Crippen molar-refractivity contribution >= 4 is 5.91 Å². The number of methoxy groups -OCH3 is 1. The van der Waals surface area contributed by atoms with E-state index >= 15 is 0 Å². The van der Waals surface area contributed by atoms with Gasteiger partial charge in [0.25, 0.3) is 5.56 Å². The predicted octanol–water partition coefficient (Wildman–Crippen LogP) is 2.49. The van der Waals surface area contributed by atoms with Gasteiger partial charge in [0, 0.05) is 36.8 Å². The molecule has 1 amide bonds. The van der Waals surface area contributed by atoms with E-state index in [0.717, 1.165) is 25.1 Å². The molecule has 1 saturated carbocycles. The summed E-state index contributed by atoms with van der Waals surface area (Å²) in [5.74, 6) is 0.419. The SMILES string of the molecule is COC[C@H](NC(=O)[C@H]1C[C@@H]1c1ccccc1)c1ccc([C@H]2CCOC2)[nH]c1=O. The summed E-state index contributed by atoms with van der Waals surface area (Å²) in [7, 11) is 1.57. The van der Waals surface area contributed by atoms with Gasteiger partial charge in [-0.2, -0.15) is 0 Å². The Hall–Kier alpha value is -2.44. The van der Waals surface area contributed by atoms with Gasteiger partial charge < -0.3 is 19.8 Å². The van der Waals surface area contributed by atoms with Crippen molar-refractivity contribution in [1.29, 1.82) is 0 Å². The van der Waals surface area contributed by atoms with Crippen LogP contribution in [0.1, 0.15) is 47.5 Å². The molecule has 2 fully saturated rings. The molecule has 148 valence electrons. The first kappa shape index (κ1) is 18.9. The van der Waals surface area contributed by atoms with E-state index in [1.54, 1.807) is 13.2 Å². The van der Waals surface area contributed by atoms with Crippen LogP contribution in [0, 0.1) is 5.92 Å². The molecule has 2 heterocycles. The number of H-pyrrole nitrogens is 1. The van der Waals surface area contributed by atoms with E-state index in [1.807, 2.05) is 24.3 Å². The number of aromatic nitrogens is 1. The Labute approximate surface area is 164 Å². The van der Waals surface area contributed by atoms with E-state index < -0.39 is 6.04 Å². The fourth-order valence-corrected chi connectivity index (χ4v) is 4.00. The molecule has 4 rings (SSSR count). The number of hydrogen-bond donors (Lipinski definition) is 2. The van der Waals surface area contributed by atoms with Gasteiger partial charge in [-0.3, -0.25) is 9.59 Å². The molecule has 2 N–H and O–H groups in total. The average molecular weight is 382 g/mol. The lowest BCUT2D eigenvalue weighted by Crippen LogP contribution is -2.36. The number of rotatable bonds is 7. The summed E-state index contributed by atoms with van der Waals surface area (Å²) in [6.45, 7) is 1.61. The maximum atomic E-state index is 12.7. The van der Waals surface area contributed by atoms with Gasteiger partial charge in [-0.15, -0.1) is 0 Å². The van der Waals surface area contributed by atoms with Crippen LogP contribution in [0.3, 0.4) is 0 Å². The number of benzene rings is 1. The second-order valence-electron chi connectivity index (χ2n) is 7.63. The van der Waals surface area contributed by atoms with Crippen molar-refractivity contribution in [2.45, 2.75) is 30.7 Å². The van der Waals surface area contributed by atoms with Crippen molar-refractivity contribution in [1.82, 2.24) is 10.3 Å². The van der Waals surface area contributed by atoms with Crippen molar-refractivity contribution in [3.8, 4) is 0 Å². The second-order valence-corrected chi connectivity index (χ2v) is 7.63. The molecule has 1 aromatic heterocycles. The van der Waals surface area contributed by atoms with Crippen LogP contribution in [-0.2, 0) is 14.3 Å². The van der Waals surface area contributed by atoms with Crippen LogP contribution < -0.4 is 10.9 Å². The fourth-order valence-electron chi connectivity index (χ4n) is 4.00. The smallest absolute Gasteiger partial charge is 0.253 e. The van der Waals surface area contributed by atoms with Gasteiger partial charge in [0.15, 0.2) is 0 Å². The monoisotopic (exact) mass is 382 g/mol. The van der Waals surface area contributed by atoms with Crippen LogP contribution in [0.5, 0.6) is 0 Å². The van der Waals surface area contributed by atoms with Gasteiger partial charge in [0.2, 0.25) is 5.91 Å². The first-order valence-corrected chi connectivity index (χ1v) is 9.82. The van der Waals surface area contributed by atoms with Crippen molar-refractivity contribution in [2.75, 3.05) is 26.9 Å². The maximum absolute atomic E-state index is 12.7. The Balaban J connectivity index is 1.45. The van der Waals surface area contributed by atoms with E-state index in [9.17, 15) is 9.59 Å². The van der Waals surface area contributed by atoms with E-state index in [4.69, 9.17) is 9.47 Å². The maximum Gasteiger partial charge on any atom is 0.253 e. The number of carbonyl (C=O) groups excluding carboxylic acids is 1. The van der Waals surface area contributed by atoms with E-state index in [-0.39, 0.29) is 35.8 Å². The lowest BCUT2D eigenvalue weighted by molar-refractivity contribution is -0.123. The third-order valence-electron chi connectivity index (χ3n) is 5.71. The van der Waals surface area contributed by atoms with Gasteiger partial charge in [-0.05, 0) is 36.5 Å². The molecule has 4 atom stereocenters. The molecule has 0 spiro atoms. The minimum absolute atomic E-state index is 0.0245. The van der Waals surface area contributed by atoms with Crippen molar-refractivity contribution in [2.24, 2.45) is 5.92 Å². The number of nitrogens with one attached hydrogen (secondary N) is 2. The summed E-state index contributed by atoms with van der Waals surface area (Å²) in [5.41, 5.74) is 2.42. The molecule has 2 aliphatic rings. The third-order valence-corrected chi connectivity index (χ3v) is 5.71. The molecule has 1 aliphatic heterocycles. The normalized spacial score (nSPS) is 24.7. The molecular weight excluding hydrogens is 356 g/mol. The number of amides is 1. The molecule has 0 bridgehead atoms. The zero-order valence-corrected chi connectivity index (χ0v) is 16.0. The molecule has 0 unspecified atom stereocenters. The number of ether oxygens (including phenoxy) is 2. The highest BCUT2D eigenvalue weighted by Crippen LogP contribution is 2.47. The molecule has 2 aromatic rings. The summed E-state index contributed by atoms with van der Waals surface area (Å²) in [5, 5.41) is 3.02. The topological polar surface area (TPSA) is 80.4 Å². The first-order valence-electron chi connectivity index (χ1n) is 9.82. The lowest BCUT2D eigenvalue weighted by atomic mass is 10.0. The molecule has 6 heteroatoms. The standard InChI is InChI=1S/C22H26N2O4/c1-27-13-20(16-7-8-19(23-21(16)25)15-9-10-28-12-15)24-22(26)18-11-17(18)14-5-3-2-4-6-14/h2-8,15,17-18,20H,9-13H2,1H3,(H,23,25)(H,24,26)/t15-,17+,18-,20-/m0/s1. The number of aromatic amines is 1. The Morgan fingerprint density at radius 1 is 1.29 bits per heavy atom. The first-order chi connectivity index (χ1) is 13.7. The second kappa shape index (κ2) is 8.29. The molecule has 0 radical (unpaired) electrons. The van der Waals surface area contributed by atoms with Gasteiger partial charge in [-0.25, -0.2) is 0 Å². The van der Waals surface area contributed by atoms with Crippen LogP contribution in [0.25, 0.3) is 0 Å². The van der Waals surface area contributed by atoms with E-state index in [0.29, 0.717) is 12.2 Å². The Bertz CT molecular complexity index is 874. The zero-order valence-electron chi connectivity index (χ0n) is 16.0. The summed E-state index contributed by atoms with van der Waals surface area (Å²) >= 11 is 0. The molecule has 28 heavy (non-hydrogen) atoms. The van der Waals surface area contributed by atoms with Crippen LogP contribution in [-0.4, -0.2) is 37.8 Å². The molecular formula is C22H26N2O4. The van der Waals surface area contributed by atoms with Crippen molar-refractivity contribution in [3.05, 3.63) is 69.6 Å². The summed E-state index contributed by atoms with van der Waals surface area (Å²) < 4.78 is 10.7. The highest BCUT2D eigenvalue weighted by Gasteiger charge is 2.44. The average Bonchev–Trinajstić information content (AvgIpc) is 3.33. The quantitative estimate of drug-likeness (QED) is 0.771. The van der Waals surface area contributed by atoms with Crippen molar-refractivity contribution in [3.63, 3.8) is 0 Å². The van der Waals surface area contributed by atoms with Gasteiger partial charge in [0.1, 0.15) is 0 Å². The van der Waals surface area contributed by atoms with Crippen LogP contribution in [0.15, 0.2) is 47.3 Å². The van der Waals surface area contributed by atoms with Crippen molar-refractivity contribution < 1.29 is 14.3 Å². The Morgan fingerprint density at radius 2 is 2.11 bits per heavy atom. The largest absolute Gasteiger partial charge is 0.382 e. The number of carbonyl (C=O) groups is 1. The van der Waals surface area contributed by atoms with Gasteiger partial charge in [-0.1, -0.05) is 30.3 Å². The van der Waals surface area contributed by atoms with E-state index in [1.165, 1.54) is 5.56 Å². The van der Waals surface area contributed by atoms with Gasteiger partial charge in [0.05, 0.1) is 19.3 Å². The van der Waals surface area contributed by atoms with Crippen LogP contribution >= 0.6 is 0 Å². The molecule has 6 nitrogen and oxygen atoms in total. The Morgan fingerprint density at radius 3 is 2.79 bits per heavy atom. The number of hydrogen-bond acceptors (Lipinski definition) is 4. The number of pyridine rings is 1. The summed E-state index contributed by atoms with van der Waals surface area (Å²) in [6, 6.07) is 13.3. The minimum Gasteiger partial charge on any atom is -0.382 e. The predicted molar refractivity (Wildman–Crippen MR) is 105 cm³/mol. The highest BCUT2D eigenvalue weighted by molar-refractivity contribution is 5.83. The molecule has 1 aromatic carbocycles. The fraction of sp³-hybridized carbons (Fsp3) is 0.455. The highest BCUT2D eigenvalue weighted by atomic mass is 16.5. The molecule has 1 aliphatic carbocycles. The van der Waals surface area contributed by atoms with Crippen LogP contribution in [0.4, 0.5) is 0 Å². The summed E-state index contributed by atoms with van der Waals surface area (Å²) in [4.78, 5) is 28.4. The zero-order chi connectivity index (χ0) is 19.5. The lowest BCUT2D eigenvalue weighted by Gasteiger charge is -2.19. The third kappa shape index (κ3) is 4.03. The Kier molecular flexibility index (Phi) is 5.59. The van der Waals surface area contributed by atoms with Gasteiger partial charge >= 0.3 is 0 Å². The molecule has 1 saturated heterocycles. The van der Waals surface area contributed by atoms with E-state index in [2.05, 4.69) is 22.4 Å².